The number of hydrogen-bond acceptors (Lipinski definition) is 2. The lowest BCUT2D eigenvalue weighted by Gasteiger charge is -2.09. The van der Waals surface area contributed by atoms with Crippen LogP contribution in [-0.2, 0) is 9.59 Å². The molecular formula is C21H22N2O2. The van der Waals surface area contributed by atoms with Crippen LogP contribution in [-0.4, -0.2) is 11.8 Å². The molecule has 0 aliphatic rings. The fourth-order valence-corrected chi connectivity index (χ4v) is 2.22. The zero-order valence-electron chi connectivity index (χ0n) is 14.1. The number of para-hydroxylation sites is 2. The van der Waals surface area contributed by atoms with E-state index in [1.807, 2.05) is 60.7 Å². The summed E-state index contributed by atoms with van der Waals surface area (Å²) in [5.74, 6) is -0.406. The van der Waals surface area contributed by atoms with Crippen LogP contribution in [0.2, 0.25) is 0 Å². The van der Waals surface area contributed by atoms with Crippen LogP contribution in [0.3, 0.4) is 0 Å². The molecule has 0 radical (unpaired) electrons. The molecule has 4 nitrogen and oxygen atoms in total. The van der Waals surface area contributed by atoms with Gasteiger partial charge in [0.15, 0.2) is 0 Å². The second kappa shape index (κ2) is 9.23. The van der Waals surface area contributed by atoms with E-state index in [0.717, 1.165) is 11.4 Å². The highest BCUT2D eigenvalue weighted by Crippen LogP contribution is 2.15. The topological polar surface area (TPSA) is 58.2 Å². The van der Waals surface area contributed by atoms with Crippen LogP contribution in [0.25, 0.3) is 0 Å². The van der Waals surface area contributed by atoms with Gasteiger partial charge in [0.1, 0.15) is 0 Å². The van der Waals surface area contributed by atoms with Crippen LogP contribution in [0.5, 0.6) is 0 Å². The minimum absolute atomic E-state index is 0.203. The molecule has 128 valence electrons. The van der Waals surface area contributed by atoms with Crippen molar-refractivity contribution in [2.75, 3.05) is 10.6 Å². The van der Waals surface area contributed by atoms with Crippen molar-refractivity contribution >= 4 is 23.2 Å². The minimum atomic E-state index is -0.203. The van der Waals surface area contributed by atoms with E-state index < -0.39 is 0 Å². The van der Waals surface area contributed by atoms with Crippen molar-refractivity contribution in [3.63, 3.8) is 0 Å². The molecule has 2 amide bonds. The van der Waals surface area contributed by atoms with Gasteiger partial charge in [-0.15, -0.1) is 0 Å². The molecule has 4 heteroatoms. The molecule has 0 atom stereocenters. The average molecular weight is 334 g/mol. The number of hydrogen-bond donors (Lipinski definition) is 2. The Morgan fingerprint density at radius 1 is 0.680 bits per heavy atom. The Morgan fingerprint density at radius 3 is 1.40 bits per heavy atom. The Balaban J connectivity index is 1.72. The van der Waals surface area contributed by atoms with Gasteiger partial charge in [0, 0.05) is 22.5 Å². The van der Waals surface area contributed by atoms with Crippen molar-refractivity contribution in [2.45, 2.75) is 19.3 Å². The zero-order chi connectivity index (χ0) is 18.1. The van der Waals surface area contributed by atoms with Crippen LogP contribution >= 0.6 is 0 Å². The van der Waals surface area contributed by atoms with Gasteiger partial charge in [-0.3, -0.25) is 9.59 Å². The highest BCUT2D eigenvalue weighted by molar-refractivity contribution is 6.04. The van der Waals surface area contributed by atoms with E-state index in [0.29, 0.717) is 30.4 Å². The maximum Gasteiger partial charge on any atom is 0.250 e. The third-order valence-corrected chi connectivity index (χ3v) is 3.66. The largest absolute Gasteiger partial charge is 0.322 e. The number of carbonyl (C=O) groups is 2. The van der Waals surface area contributed by atoms with E-state index in [9.17, 15) is 9.59 Å². The van der Waals surface area contributed by atoms with Crippen LogP contribution in [0.1, 0.15) is 19.3 Å². The molecule has 0 fully saturated rings. The summed E-state index contributed by atoms with van der Waals surface area (Å²) in [4.78, 5) is 24.1. The second-order valence-corrected chi connectivity index (χ2v) is 5.70. The third kappa shape index (κ3) is 6.11. The summed E-state index contributed by atoms with van der Waals surface area (Å²) in [6.07, 6.45) is 1.66. The van der Waals surface area contributed by atoms with Crippen LogP contribution in [0.4, 0.5) is 11.4 Å². The SMILES string of the molecule is C=C(CCCC(=C)C(=O)Nc1ccccc1)C(=O)Nc1ccccc1. The number of carbonyl (C=O) groups excluding carboxylic acids is 2. The number of anilines is 2. The standard InChI is InChI=1S/C21H22N2O2/c1-16(20(24)22-18-12-5-3-6-13-18)10-9-11-17(2)21(25)23-19-14-7-4-8-15-19/h3-8,12-15H,1-2,9-11H2,(H,22,24)(H,23,25). The Kier molecular flexibility index (Phi) is 6.72. The molecule has 0 heterocycles. The molecule has 0 unspecified atom stereocenters. The summed E-state index contributed by atoms with van der Waals surface area (Å²) in [5.41, 5.74) is 2.45. The highest BCUT2D eigenvalue weighted by Gasteiger charge is 2.10. The summed E-state index contributed by atoms with van der Waals surface area (Å²) < 4.78 is 0. The van der Waals surface area contributed by atoms with E-state index in [1.54, 1.807) is 0 Å². The van der Waals surface area contributed by atoms with Crippen molar-refractivity contribution < 1.29 is 9.59 Å². The zero-order valence-corrected chi connectivity index (χ0v) is 14.1. The molecule has 2 N–H and O–H groups in total. The van der Waals surface area contributed by atoms with Gasteiger partial charge in [-0.05, 0) is 43.5 Å². The summed E-state index contributed by atoms with van der Waals surface area (Å²) in [5, 5.41) is 5.59. The summed E-state index contributed by atoms with van der Waals surface area (Å²) >= 11 is 0. The van der Waals surface area contributed by atoms with Crippen molar-refractivity contribution in [2.24, 2.45) is 0 Å². The first-order valence-corrected chi connectivity index (χ1v) is 8.14. The Bertz CT molecular complexity index is 686. The van der Waals surface area contributed by atoms with E-state index >= 15 is 0 Å². The van der Waals surface area contributed by atoms with Gasteiger partial charge in [0.05, 0.1) is 0 Å². The van der Waals surface area contributed by atoms with E-state index in [1.165, 1.54) is 0 Å². The molecule has 0 bridgehead atoms. The predicted octanol–water partition coefficient (Wildman–Crippen LogP) is 4.55. The predicted molar refractivity (Wildman–Crippen MR) is 102 cm³/mol. The van der Waals surface area contributed by atoms with E-state index in [2.05, 4.69) is 23.8 Å². The Labute approximate surface area is 148 Å². The van der Waals surface area contributed by atoms with Gasteiger partial charge in [-0.25, -0.2) is 0 Å². The van der Waals surface area contributed by atoms with Crippen LogP contribution in [0, 0.1) is 0 Å². The molecule has 0 aliphatic carbocycles. The molecular weight excluding hydrogens is 312 g/mol. The maximum atomic E-state index is 12.1. The molecule has 0 saturated carbocycles. The van der Waals surface area contributed by atoms with Gasteiger partial charge in [0.2, 0.25) is 0 Å². The van der Waals surface area contributed by atoms with Gasteiger partial charge < -0.3 is 10.6 Å². The van der Waals surface area contributed by atoms with Gasteiger partial charge in [-0.2, -0.15) is 0 Å². The fraction of sp³-hybridized carbons (Fsp3) is 0.143. The van der Waals surface area contributed by atoms with Gasteiger partial charge in [0.25, 0.3) is 11.8 Å². The Morgan fingerprint density at radius 2 is 1.04 bits per heavy atom. The monoisotopic (exact) mass is 334 g/mol. The third-order valence-electron chi connectivity index (χ3n) is 3.66. The number of amides is 2. The first kappa shape index (κ1) is 18.2. The summed E-state index contributed by atoms with van der Waals surface area (Å²) in [6, 6.07) is 18.5. The molecule has 2 aromatic carbocycles. The van der Waals surface area contributed by atoms with Crippen molar-refractivity contribution in [1.29, 1.82) is 0 Å². The Hall–Kier alpha value is -3.14. The average Bonchev–Trinajstić information content (AvgIpc) is 2.63. The highest BCUT2D eigenvalue weighted by atomic mass is 16.2. The first-order chi connectivity index (χ1) is 12.1. The maximum absolute atomic E-state index is 12.1. The minimum Gasteiger partial charge on any atom is -0.322 e. The smallest absolute Gasteiger partial charge is 0.250 e. The molecule has 2 aromatic rings. The van der Waals surface area contributed by atoms with Gasteiger partial charge >= 0.3 is 0 Å². The van der Waals surface area contributed by atoms with Gasteiger partial charge in [-0.1, -0.05) is 49.6 Å². The van der Waals surface area contributed by atoms with Crippen LogP contribution in [0.15, 0.2) is 85.0 Å². The lowest BCUT2D eigenvalue weighted by atomic mass is 10.0. The number of benzene rings is 2. The molecule has 0 spiro atoms. The summed E-state index contributed by atoms with van der Waals surface area (Å²) in [6.45, 7) is 7.64. The first-order valence-electron chi connectivity index (χ1n) is 8.14. The molecule has 25 heavy (non-hydrogen) atoms. The molecule has 0 aromatic heterocycles. The van der Waals surface area contributed by atoms with E-state index in [-0.39, 0.29) is 11.8 Å². The quantitative estimate of drug-likeness (QED) is 0.696. The molecule has 0 saturated heterocycles. The number of rotatable bonds is 8. The van der Waals surface area contributed by atoms with Crippen molar-refractivity contribution in [3.05, 3.63) is 85.0 Å². The second-order valence-electron chi connectivity index (χ2n) is 5.70. The van der Waals surface area contributed by atoms with E-state index in [4.69, 9.17) is 0 Å². The molecule has 0 aliphatic heterocycles. The van der Waals surface area contributed by atoms with Crippen molar-refractivity contribution in [3.8, 4) is 0 Å². The van der Waals surface area contributed by atoms with Crippen molar-refractivity contribution in [1.82, 2.24) is 0 Å². The molecule has 2 rings (SSSR count). The lowest BCUT2D eigenvalue weighted by molar-refractivity contribution is -0.113. The number of nitrogens with one attached hydrogen (secondary N) is 2. The summed E-state index contributed by atoms with van der Waals surface area (Å²) in [7, 11) is 0. The normalized spacial score (nSPS) is 9.92. The van der Waals surface area contributed by atoms with Crippen LogP contribution < -0.4 is 10.6 Å². The lowest BCUT2D eigenvalue weighted by Crippen LogP contribution is -2.15. The fourth-order valence-electron chi connectivity index (χ4n) is 2.22.